The Morgan fingerprint density at radius 2 is 1.83 bits per heavy atom. The van der Waals surface area contributed by atoms with Gasteiger partial charge < -0.3 is 10.6 Å². The minimum Gasteiger partial charge on any atom is -0.354 e. The molecular formula is C18H24N4O. The Hall–Kier alpha value is -2.43. The maximum absolute atomic E-state index is 11.9. The van der Waals surface area contributed by atoms with Crippen LogP contribution < -0.4 is 10.6 Å². The van der Waals surface area contributed by atoms with Gasteiger partial charge in [0.15, 0.2) is 0 Å². The lowest BCUT2D eigenvalue weighted by Gasteiger charge is -2.08. The number of amides is 1. The molecule has 0 fully saturated rings. The van der Waals surface area contributed by atoms with Crippen molar-refractivity contribution >= 4 is 11.9 Å². The standard InChI is InChI=1S/C18H24N4O/c1-14(2)11-20-17(23)16-12-21-18(22-13-16)19-10-6-9-15-7-4-3-5-8-15/h3-5,7-8,12-14H,6,9-11H2,1-2H3,(H,20,23)(H,19,21,22). The summed E-state index contributed by atoms with van der Waals surface area (Å²) in [5.74, 6) is 0.846. The van der Waals surface area contributed by atoms with Crippen molar-refractivity contribution in [2.75, 3.05) is 18.4 Å². The van der Waals surface area contributed by atoms with Gasteiger partial charge in [-0.3, -0.25) is 4.79 Å². The number of anilines is 1. The minimum atomic E-state index is -0.130. The van der Waals surface area contributed by atoms with Gasteiger partial charge >= 0.3 is 0 Å². The predicted octanol–water partition coefficient (Wildman–Crippen LogP) is 2.91. The van der Waals surface area contributed by atoms with Gasteiger partial charge in [0.05, 0.1) is 5.56 Å². The van der Waals surface area contributed by atoms with E-state index in [-0.39, 0.29) is 5.91 Å². The summed E-state index contributed by atoms with van der Waals surface area (Å²) in [5.41, 5.74) is 1.81. The van der Waals surface area contributed by atoms with Crippen molar-refractivity contribution in [2.45, 2.75) is 26.7 Å². The van der Waals surface area contributed by atoms with Gasteiger partial charge in [-0.05, 0) is 24.3 Å². The molecule has 1 heterocycles. The van der Waals surface area contributed by atoms with Gasteiger partial charge in [0, 0.05) is 25.5 Å². The Morgan fingerprint density at radius 1 is 1.13 bits per heavy atom. The molecule has 2 aromatic rings. The Kier molecular flexibility index (Phi) is 6.54. The first-order valence-corrected chi connectivity index (χ1v) is 8.03. The van der Waals surface area contributed by atoms with Crippen LogP contribution in [-0.2, 0) is 6.42 Å². The van der Waals surface area contributed by atoms with Crippen LogP contribution >= 0.6 is 0 Å². The molecule has 0 saturated heterocycles. The summed E-state index contributed by atoms with van der Waals surface area (Å²) in [6.07, 6.45) is 5.14. The van der Waals surface area contributed by atoms with Gasteiger partial charge in [0.25, 0.3) is 5.91 Å². The molecule has 122 valence electrons. The molecule has 5 heteroatoms. The maximum Gasteiger partial charge on any atom is 0.254 e. The van der Waals surface area contributed by atoms with Crippen LogP contribution in [0.5, 0.6) is 0 Å². The van der Waals surface area contributed by atoms with E-state index in [1.54, 1.807) is 12.4 Å². The highest BCUT2D eigenvalue weighted by atomic mass is 16.1. The number of nitrogens with one attached hydrogen (secondary N) is 2. The number of benzene rings is 1. The van der Waals surface area contributed by atoms with Crippen molar-refractivity contribution in [3.8, 4) is 0 Å². The van der Waals surface area contributed by atoms with Gasteiger partial charge in [-0.15, -0.1) is 0 Å². The van der Waals surface area contributed by atoms with E-state index in [2.05, 4.69) is 58.7 Å². The van der Waals surface area contributed by atoms with E-state index < -0.39 is 0 Å². The Morgan fingerprint density at radius 3 is 2.48 bits per heavy atom. The zero-order chi connectivity index (χ0) is 16.5. The fourth-order valence-corrected chi connectivity index (χ4v) is 2.07. The second-order valence-corrected chi connectivity index (χ2v) is 5.92. The van der Waals surface area contributed by atoms with E-state index in [0.717, 1.165) is 19.4 Å². The smallest absolute Gasteiger partial charge is 0.254 e. The van der Waals surface area contributed by atoms with Crippen molar-refractivity contribution in [1.82, 2.24) is 15.3 Å². The molecule has 0 atom stereocenters. The average molecular weight is 312 g/mol. The van der Waals surface area contributed by atoms with E-state index in [0.29, 0.717) is 24.0 Å². The molecule has 1 aromatic carbocycles. The van der Waals surface area contributed by atoms with Crippen LogP contribution in [0.15, 0.2) is 42.7 Å². The maximum atomic E-state index is 11.9. The lowest BCUT2D eigenvalue weighted by atomic mass is 10.1. The number of rotatable bonds is 8. The quantitative estimate of drug-likeness (QED) is 0.736. The number of nitrogens with zero attached hydrogens (tertiary/aromatic N) is 2. The third kappa shape index (κ3) is 6.06. The number of aromatic nitrogens is 2. The summed E-state index contributed by atoms with van der Waals surface area (Å²) in [6.45, 7) is 5.56. The summed E-state index contributed by atoms with van der Waals surface area (Å²) in [7, 11) is 0. The van der Waals surface area contributed by atoms with Crippen LogP contribution in [0.25, 0.3) is 0 Å². The summed E-state index contributed by atoms with van der Waals surface area (Å²) in [4.78, 5) is 20.2. The normalized spacial score (nSPS) is 10.6. The molecule has 5 nitrogen and oxygen atoms in total. The van der Waals surface area contributed by atoms with Crippen molar-refractivity contribution in [2.24, 2.45) is 5.92 Å². The Bertz CT molecular complexity index is 596. The van der Waals surface area contributed by atoms with E-state index >= 15 is 0 Å². The highest BCUT2D eigenvalue weighted by Crippen LogP contribution is 2.04. The number of hydrogen-bond acceptors (Lipinski definition) is 4. The highest BCUT2D eigenvalue weighted by molar-refractivity contribution is 5.93. The second kappa shape index (κ2) is 8.88. The summed E-state index contributed by atoms with van der Waals surface area (Å²) >= 11 is 0. The van der Waals surface area contributed by atoms with Crippen LogP contribution in [0.2, 0.25) is 0 Å². The zero-order valence-corrected chi connectivity index (χ0v) is 13.7. The van der Waals surface area contributed by atoms with Gasteiger partial charge in [0.2, 0.25) is 5.95 Å². The highest BCUT2D eigenvalue weighted by Gasteiger charge is 2.07. The lowest BCUT2D eigenvalue weighted by molar-refractivity contribution is 0.0948. The molecule has 2 rings (SSSR count). The molecule has 0 saturated carbocycles. The van der Waals surface area contributed by atoms with Crippen LogP contribution in [0.1, 0.15) is 36.2 Å². The van der Waals surface area contributed by atoms with Crippen LogP contribution in [0.4, 0.5) is 5.95 Å². The van der Waals surface area contributed by atoms with Crippen LogP contribution in [0.3, 0.4) is 0 Å². The monoisotopic (exact) mass is 312 g/mol. The first-order valence-electron chi connectivity index (χ1n) is 8.03. The average Bonchev–Trinajstić information content (AvgIpc) is 2.58. The van der Waals surface area contributed by atoms with Crippen molar-refractivity contribution in [1.29, 1.82) is 0 Å². The summed E-state index contributed by atoms with van der Waals surface area (Å²) in [5, 5.41) is 6.03. The molecule has 1 amide bonds. The first kappa shape index (κ1) is 16.9. The summed E-state index contributed by atoms with van der Waals surface area (Å²) < 4.78 is 0. The molecule has 2 N–H and O–H groups in total. The van der Waals surface area contributed by atoms with Crippen molar-refractivity contribution < 1.29 is 4.79 Å². The van der Waals surface area contributed by atoms with E-state index in [1.165, 1.54) is 5.56 Å². The molecule has 0 radical (unpaired) electrons. The Balaban J connectivity index is 1.73. The van der Waals surface area contributed by atoms with E-state index in [9.17, 15) is 4.79 Å². The van der Waals surface area contributed by atoms with Gasteiger partial charge in [-0.25, -0.2) is 9.97 Å². The predicted molar refractivity (Wildman–Crippen MR) is 92.5 cm³/mol. The minimum absolute atomic E-state index is 0.130. The van der Waals surface area contributed by atoms with Crippen molar-refractivity contribution in [3.05, 3.63) is 53.9 Å². The van der Waals surface area contributed by atoms with Gasteiger partial charge in [-0.1, -0.05) is 44.2 Å². The fourth-order valence-electron chi connectivity index (χ4n) is 2.07. The number of carbonyl (C=O) groups is 1. The topological polar surface area (TPSA) is 66.9 Å². The second-order valence-electron chi connectivity index (χ2n) is 5.92. The number of aryl methyl sites for hydroxylation is 1. The van der Waals surface area contributed by atoms with Gasteiger partial charge in [-0.2, -0.15) is 0 Å². The molecule has 0 aliphatic carbocycles. The third-order valence-electron chi connectivity index (χ3n) is 3.35. The van der Waals surface area contributed by atoms with E-state index in [1.807, 2.05) is 6.07 Å². The van der Waals surface area contributed by atoms with Gasteiger partial charge in [0.1, 0.15) is 0 Å². The van der Waals surface area contributed by atoms with Crippen LogP contribution in [0, 0.1) is 5.92 Å². The first-order chi connectivity index (χ1) is 11.1. The van der Waals surface area contributed by atoms with E-state index in [4.69, 9.17) is 0 Å². The fraction of sp³-hybridized carbons (Fsp3) is 0.389. The molecule has 0 bridgehead atoms. The lowest BCUT2D eigenvalue weighted by Crippen LogP contribution is -2.27. The molecule has 1 aromatic heterocycles. The summed E-state index contributed by atoms with van der Waals surface area (Å²) in [6, 6.07) is 10.4. The SMILES string of the molecule is CC(C)CNC(=O)c1cnc(NCCCc2ccccc2)nc1. The molecule has 0 spiro atoms. The number of carbonyl (C=O) groups excluding carboxylic acids is 1. The molecular weight excluding hydrogens is 288 g/mol. The number of hydrogen-bond donors (Lipinski definition) is 2. The van der Waals surface area contributed by atoms with Crippen LogP contribution in [-0.4, -0.2) is 29.0 Å². The Labute approximate surface area is 137 Å². The molecule has 23 heavy (non-hydrogen) atoms. The molecule has 0 unspecified atom stereocenters. The van der Waals surface area contributed by atoms with Crippen molar-refractivity contribution in [3.63, 3.8) is 0 Å². The molecule has 0 aliphatic heterocycles. The third-order valence-corrected chi connectivity index (χ3v) is 3.35. The largest absolute Gasteiger partial charge is 0.354 e. The molecule has 0 aliphatic rings. The zero-order valence-electron chi connectivity index (χ0n) is 13.7.